The molecule has 0 atom stereocenters. The molecule has 3 N–H and O–H groups in total. The summed E-state index contributed by atoms with van der Waals surface area (Å²) in [4.78, 5) is 35.8. The Kier molecular flexibility index (Phi) is 5.75. The number of non-ortho nitro benzene ring substituents is 1. The summed E-state index contributed by atoms with van der Waals surface area (Å²) in [6, 6.07) is 3.68. The maximum Gasteiger partial charge on any atom is 0.270 e. The van der Waals surface area contributed by atoms with Crippen molar-refractivity contribution >= 4 is 43.0 Å². The van der Waals surface area contributed by atoms with Crippen molar-refractivity contribution in [1.29, 1.82) is 0 Å². The highest BCUT2D eigenvalue weighted by atomic mass is 32.2. The highest BCUT2D eigenvalue weighted by molar-refractivity contribution is 7.89. The number of benzene rings is 1. The minimum atomic E-state index is -4.14. The van der Waals surface area contributed by atoms with Gasteiger partial charge in [0.2, 0.25) is 10.0 Å². The molecule has 0 unspecified atom stereocenters. The number of aromatic nitrogens is 2. The van der Waals surface area contributed by atoms with Crippen molar-refractivity contribution < 1.29 is 13.3 Å². The van der Waals surface area contributed by atoms with Crippen molar-refractivity contribution in [1.82, 2.24) is 14.9 Å². The molecule has 1 aliphatic heterocycles. The summed E-state index contributed by atoms with van der Waals surface area (Å²) in [6.45, 7) is 6.49. The third kappa shape index (κ3) is 4.24. The summed E-state index contributed by atoms with van der Waals surface area (Å²) in [5.74, 6) is 0.581. The van der Waals surface area contributed by atoms with Gasteiger partial charge in [-0.1, -0.05) is 0 Å². The summed E-state index contributed by atoms with van der Waals surface area (Å²) >= 11 is 1.50. The van der Waals surface area contributed by atoms with Crippen LogP contribution in [-0.2, 0) is 16.6 Å². The van der Waals surface area contributed by atoms with Crippen LogP contribution in [0.2, 0.25) is 0 Å². The minimum Gasteiger partial charge on any atom is -0.368 e. The van der Waals surface area contributed by atoms with E-state index in [0.29, 0.717) is 49.6 Å². The van der Waals surface area contributed by atoms with Crippen LogP contribution in [0.1, 0.15) is 16.3 Å². The average molecular weight is 479 g/mol. The molecule has 0 bridgehead atoms. The average Bonchev–Trinajstić information content (AvgIpc) is 3.01. The van der Waals surface area contributed by atoms with Crippen LogP contribution in [0, 0.1) is 24.0 Å². The first kappa shape index (κ1) is 22.3. The van der Waals surface area contributed by atoms with Gasteiger partial charge >= 0.3 is 0 Å². The molecule has 11 nitrogen and oxygen atoms in total. The number of nitro benzene ring substituents is 1. The largest absolute Gasteiger partial charge is 0.368 e. The molecule has 1 aromatic carbocycles. The first-order valence-electron chi connectivity index (χ1n) is 9.82. The standard InChI is InChI=1S/C19H22N6O5S2/c1-11-12(2)31-19-17(11)18(26)21-16(22-19)10-23-5-7-24(8-6-23)14-4-3-13(25(27)28)9-15(14)32(20,29)30/h3-4,9H,5-8,10H2,1-2H3,(H2,20,29,30)(H,21,22,26). The SMILES string of the molecule is Cc1sc2nc(CN3CCN(c4ccc([N+](=O)[O-])cc4S(N)(=O)=O)CC3)[nH]c(=O)c2c1C. The summed E-state index contributed by atoms with van der Waals surface area (Å²) in [6.07, 6.45) is 0. The Balaban J connectivity index is 1.51. The van der Waals surface area contributed by atoms with E-state index in [-0.39, 0.29) is 16.1 Å². The lowest BCUT2D eigenvalue weighted by molar-refractivity contribution is -0.385. The van der Waals surface area contributed by atoms with E-state index in [4.69, 9.17) is 5.14 Å². The number of aryl methyl sites for hydroxylation is 2. The quantitative estimate of drug-likeness (QED) is 0.413. The fourth-order valence-corrected chi connectivity index (χ4v) is 5.66. The predicted molar refractivity (Wildman–Crippen MR) is 122 cm³/mol. The Labute approximate surface area is 187 Å². The molecular weight excluding hydrogens is 456 g/mol. The molecule has 0 aliphatic carbocycles. The molecular formula is C19H22N6O5S2. The molecule has 3 heterocycles. The molecule has 0 spiro atoms. The maximum atomic E-state index is 12.5. The number of hydrogen-bond acceptors (Lipinski definition) is 9. The fraction of sp³-hybridized carbons (Fsp3) is 0.368. The Hall–Kier alpha value is -2.87. The van der Waals surface area contributed by atoms with Gasteiger partial charge in [0.1, 0.15) is 15.6 Å². The van der Waals surface area contributed by atoms with E-state index in [2.05, 4.69) is 14.9 Å². The zero-order valence-electron chi connectivity index (χ0n) is 17.5. The Morgan fingerprint density at radius 1 is 1.25 bits per heavy atom. The molecule has 1 fully saturated rings. The number of sulfonamides is 1. The van der Waals surface area contributed by atoms with E-state index in [1.165, 1.54) is 23.5 Å². The lowest BCUT2D eigenvalue weighted by Crippen LogP contribution is -2.46. The summed E-state index contributed by atoms with van der Waals surface area (Å²) < 4.78 is 24.0. The maximum absolute atomic E-state index is 12.5. The number of piperazine rings is 1. The number of anilines is 1. The Morgan fingerprint density at radius 2 is 1.94 bits per heavy atom. The number of H-pyrrole nitrogens is 1. The number of nitrogens with two attached hydrogens (primary N) is 1. The molecule has 2 aromatic heterocycles. The van der Waals surface area contributed by atoms with Gasteiger partial charge in [0.25, 0.3) is 11.2 Å². The van der Waals surface area contributed by atoms with Crippen molar-refractivity contribution in [3.05, 3.63) is 54.9 Å². The second-order valence-corrected chi connectivity index (χ2v) is 10.4. The molecule has 13 heteroatoms. The van der Waals surface area contributed by atoms with Crippen molar-refractivity contribution in [3.8, 4) is 0 Å². The Morgan fingerprint density at radius 3 is 2.56 bits per heavy atom. The number of aromatic amines is 1. The Bertz CT molecular complexity index is 1370. The second-order valence-electron chi connectivity index (χ2n) is 7.69. The smallest absolute Gasteiger partial charge is 0.270 e. The van der Waals surface area contributed by atoms with Crippen LogP contribution in [0.5, 0.6) is 0 Å². The van der Waals surface area contributed by atoms with Crippen LogP contribution in [0.25, 0.3) is 10.2 Å². The van der Waals surface area contributed by atoms with Crippen LogP contribution in [0.4, 0.5) is 11.4 Å². The third-order valence-electron chi connectivity index (χ3n) is 5.64. The lowest BCUT2D eigenvalue weighted by Gasteiger charge is -2.36. The summed E-state index contributed by atoms with van der Waals surface area (Å²) in [5.41, 5.74) is 0.818. The van der Waals surface area contributed by atoms with Crippen LogP contribution >= 0.6 is 11.3 Å². The fourth-order valence-electron chi connectivity index (χ4n) is 3.84. The molecule has 1 saturated heterocycles. The minimum absolute atomic E-state index is 0.144. The normalized spacial score (nSPS) is 15.4. The summed E-state index contributed by atoms with van der Waals surface area (Å²) in [7, 11) is -4.14. The molecule has 170 valence electrons. The number of hydrogen-bond donors (Lipinski definition) is 2. The molecule has 1 aliphatic rings. The van der Waals surface area contributed by atoms with Gasteiger partial charge in [-0.25, -0.2) is 18.5 Å². The molecule has 3 aromatic rings. The van der Waals surface area contributed by atoms with Crippen LogP contribution in [-0.4, -0.2) is 54.4 Å². The first-order valence-corrected chi connectivity index (χ1v) is 12.2. The third-order valence-corrected chi connectivity index (χ3v) is 7.68. The predicted octanol–water partition coefficient (Wildman–Crippen LogP) is 1.48. The summed E-state index contributed by atoms with van der Waals surface area (Å²) in [5, 5.41) is 17.0. The van der Waals surface area contributed by atoms with E-state index in [0.717, 1.165) is 21.3 Å². The van der Waals surface area contributed by atoms with Gasteiger partial charge in [0.15, 0.2) is 0 Å². The van der Waals surface area contributed by atoms with Crippen LogP contribution < -0.4 is 15.6 Å². The van der Waals surface area contributed by atoms with Gasteiger partial charge < -0.3 is 9.88 Å². The molecule has 4 rings (SSSR count). The van der Waals surface area contributed by atoms with Gasteiger partial charge in [-0.2, -0.15) is 0 Å². The number of nitro groups is 1. The zero-order chi connectivity index (χ0) is 23.2. The van der Waals surface area contributed by atoms with E-state index < -0.39 is 14.9 Å². The van der Waals surface area contributed by atoms with Gasteiger partial charge in [-0.05, 0) is 25.5 Å². The van der Waals surface area contributed by atoms with E-state index in [9.17, 15) is 23.3 Å². The number of primary sulfonamides is 1. The molecule has 32 heavy (non-hydrogen) atoms. The first-order chi connectivity index (χ1) is 15.0. The van der Waals surface area contributed by atoms with Crippen molar-refractivity contribution in [2.45, 2.75) is 25.3 Å². The van der Waals surface area contributed by atoms with E-state index in [1.807, 2.05) is 18.7 Å². The highest BCUT2D eigenvalue weighted by Gasteiger charge is 2.26. The molecule has 0 saturated carbocycles. The number of nitrogens with one attached hydrogen (secondary N) is 1. The van der Waals surface area contributed by atoms with Crippen molar-refractivity contribution in [2.75, 3.05) is 31.1 Å². The number of fused-ring (bicyclic) bond motifs is 1. The van der Waals surface area contributed by atoms with Crippen molar-refractivity contribution in [3.63, 3.8) is 0 Å². The monoisotopic (exact) mass is 478 g/mol. The van der Waals surface area contributed by atoms with E-state index in [1.54, 1.807) is 0 Å². The van der Waals surface area contributed by atoms with Gasteiger partial charge in [0.05, 0.1) is 22.5 Å². The van der Waals surface area contributed by atoms with Crippen LogP contribution in [0.3, 0.4) is 0 Å². The van der Waals surface area contributed by atoms with Gasteiger partial charge in [-0.15, -0.1) is 11.3 Å². The lowest BCUT2D eigenvalue weighted by atomic mass is 10.2. The van der Waals surface area contributed by atoms with Gasteiger partial charge in [-0.3, -0.25) is 19.8 Å². The second kappa shape index (κ2) is 8.24. The number of nitrogens with zero attached hydrogens (tertiary/aromatic N) is 4. The van der Waals surface area contributed by atoms with E-state index >= 15 is 0 Å². The molecule has 0 amide bonds. The van der Waals surface area contributed by atoms with Crippen molar-refractivity contribution in [2.24, 2.45) is 5.14 Å². The van der Waals surface area contributed by atoms with Crippen LogP contribution in [0.15, 0.2) is 27.9 Å². The topological polar surface area (TPSA) is 156 Å². The van der Waals surface area contributed by atoms with Gasteiger partial charge in [0, 0.05) is 43.2 Å². The number of rotatable bonds is 5. The zero-order valence-corrected chi connectivity index (χ0v) is 19.1. The highest BCUT2D eigenvalue weighted by Crippen LogP contribution is 2.30. The molecule has 0 radical (unpaired) electrons. The number of thiophene rings is 1.